The molecule has 0 spiro atoms. The molecule has 2 heteroatoms. The van der Waals surface area contributed by atoms with E-state index >= 15 is 0 Å². The Morgan fingerprint density at radius 2 is 1.81 bits per heavy atom. The van der Waals surface area contributed by atoms with Gasteiger partial charge in [0.25, 0.3) is 0 Å². The molecule has 0 amide bonds. The molecular formula is C14H24O2. The SMILES string of the molecule is CCCCCC(=O)C(C(C)=O)C1CCCC1. The minimum absolute atomic E-state index is 0.0911. The Hall–Kier alpha value is -0.660. The van der Waals surface area contributed by atoms with Crippen LogP contribution < -0.4 is 0 Å². The lowest BCUT2D eigenvalue weighted by molar-refractivity contribution is -0.133. The molecule has 0 N–H and O–H groups in total. The summed E-state index contributed by atoms with van der Waals surface area (Å²) >= 11 is 0. The van der Waals surface area contributed by atoms with E-state index in [4.69, 9.17) is 0 Å². The summed E-state index contributed by atoms with van der Waals surface area (Å²) in [6, 6.07) is 0. The minimum atomic E-state index is -0.278. The zero-order valence-electron chi connectivity index (χ0n) is 10.6. The van der Waals surface area contributed by atoms with E-state index in [1.807, 2.05) is 0 Å². The Morgan fingerprint density at radius 3 is 2.31 bits per heavy atom. The van der Waals surface area contributed by atoms with Crippen molar-refractivity contribution in [2.75, 3.05) is 0 Å². The van der Waals surface area contributed by atoms with Crippen LogP contribution in [0.4, 0.5) is 0 Å². The molecule has 1 rings (SSSR count). The lowest BCUT2D eigenvalue weighted by Crippen LogP contribution is -2.28. The molecule has 0 radical (unpaired) electrons. The molecule has 92 valence electrons. The van der Waals surface area contributed by atoms with E-state index in [9.17, 15) is 9.59 Å². The molecule has 0 aliphatic heterocycles. The number of carbonyl (C=O) groups is 2. The molecule has 16 heavy (non-hydrogen) atoms. The zero-order chi connectivity index (χ0) is 12.0. The van der Waals surface area contributed by atoms with Crippen LogP contribution in [-0.4, -0.2) is 11.6 Å². The van der Waals surface area contributed by atoms with Crippen molar-refractivity contribution in [3.8, 4) is 0 Å². The zero-order valence-corrected chi connectivity index (χ0v) is 10.6. The van der Waals surface area contributed by atoms with Crippen molar-refractivity contribution in [1.82, 2.24) is 0 Å². The van der Waals surface area contributed by atoms with Gasteiger partial charge < -0.3 is 0 Å². The van der Waals surface area contributed by atoms with Crippen LogP contribution in [0.25, 0.3) is 0 Å². The normalized spacial score (nSPS) is 18.6. The van der Waals surface area contributed by atoms with Gasteiger partial charge in [-0.05, 0) is 32.1 Å². The molecule has 0 aromatic heterocycles. The molecule has 1 aliphatic carbocycles. The van der Waals surface area contributed by atoms with Crippen molar-refractivity contribution < 1.29 is 9.59 Å². The molecule has 0 saturated heterocycles. The first-order valence-corrected chi connectivity index (χ1v) is 6.70. The van der Waals surface area contributed by atoms with E-state index < -0.39 is 0 Å². The molecule has 0 bridgehead atoms. The van der Waals surface area contributed by atoms with Crippen LogP contribution >= 0.6 is 0 Å². The number of hydrogen-bond acceptors (Lipinski definition) is 2. The maximum absolute atomic E-state index is 12.0. The van der Waals surface area contributed by atoms with Crippen LogP contribution in [0.3, 0.4) is 0 Å². The van der Waals surface area contributed by atoms with Gasteiger partial charge in [-0.3, -0.25) is 9.59 Å². The van der Waals surface area contributed by atoms with E-state index in [0.717, 1.165) is 32.1 Å². The van der Waals surface area contributed by atoms with Crippen molar-refractivity contribution in [2.24, 2.45) is 11.8 Å². The van der Waals surface area contributed by atoms with Crippen LogP contribution in [0.1, 0.15) is 65.2 Å². The van der Waals surface area contributed by atoms with Crippen molar-refractivity contribution in [3.63, 3.8) is 0 Å². The molecule has 1 aliphatic rings. The van der Waals surface area contributed by atoms with Crippen LogP contribution in [0.15, 0.2) is 0 Å². The summed E-state index contributed by atoms with van der Waals surface area (Å²) in [5.74, 6) is 0.368. The predicted octanol–water partition coefficient (Wildman–Crippen LogP) is 3.53. The first-order valence-electron chi connectivity index (χ1n) is 6.70. The van der Waals surface area contributed by atoms with Gasteiger partial charge in [-0.1, -0.05) is 32.6 Å². The number of hydrogen-bond donors (Lipinski definition) is 0. The first-order chi connectivity index (χ1) is 7.66. The highest BCUT2D eigenvalue weighted by Gasteiger charge is 2.33. The van der Waals surface area contributed by atoms with Gasteiger partial charge in [0.2, 0.25) is 0 Å². The molecule has 1 unspecified atom stereocenters. The minimum Gasteiger partial charge on any atom is -0.299 e. The van der Waals surface area contributed by atoms with E-state index in [-0.39, 0.29) is 17.5 Å². The van der Waals surface area contributed by atoms with Gasteiger partial charge in [-0.25, -0.2) is 0 Å². The summed E-state index contributed by atoms with van der Waals surface area (Å²) < 4.78 is 0. The quantitative estimate of drug-likeness (QED) is 0.489. The van der Waals surface area contributed by atoms with E-state index in [1.165, 1.54) is 12.8 Å². The fourth-order valence-corrected chi connectivity index (χ4v) is 2.82. The van der Waals surface area contributed by atoms with E-state index in [2.05, 4.69) is 6.92 Å². The van der Waals surface area contributed by atoms with Gasteiger partial charge in [0.15, 0.2) is 0 Å². The standard InChI is InChI=1S/C14H24O2/c1-3-4-5-10-13(16)14(11(2)15)12-8-6-7-9-12/h12,14H,3-10H2,1-2H3. The Kier molecular flexibility index (Phi) is 5.72. The highest BCUT2D eigenvalue weighted by molar-refractivity contribution is 6.01. The topological polar surface area (TPSA) is 34.1 Å². The maximum Gasteiger partial charge on any atom is 0.143 e. The largest absolute Gasteiger partial charge is 0.299 e. The highest BCUT2D eigenvalue weighted by Crippen LogP contribution is 2.33. The fraction of sp³-hybridized carbons (Fsp3) is 0.857. The van der Waals surface area contributed by atoms with Gasteiger partial charge >= 0.3 is 0 Å². The Labute approximate surface area is 98.8 Å². The fourth-order valence-electron chi connectivity index (χ4n) is 2.82. The van der Waals surface area contributed by atoms with Crippen LogP contribution in [0, 0.1) is 11.8 Å². The summed E-state index contributed by atoms with van der Waals surface area (Å²) in [7, 11) is 0. The Bertz CT molecular complexity index is 239. The lowest BCUT2D eigenvalue weighted by Gasteiger charge is -2.19. The smallest absolute Gasteiger partial charge is 0.143 e. The van der Waals surface area contributed by atoms with Gasteiger partial charge in [-0.2, -0.15) is 0 Å². The Morgan fingerprint density at radius 1 is 1.19 bits per heavy atom. The van der Waals surface area contributed by atoms with Crippen LogP contribution in [-0.2, 0) is 9.59 Å². The van der Waals surface area contributed by atoms with Crippen molar-refractivity contribution >= 4 is 11.6 Å². The average molecular weight is 224 g/mol. The molecule has 2 nitrogen and oxygen atoms in total. The maximum atomic E-state index is 12.0. The number of ketones is 2. The molecular weight excluding hydrogens is 200 g/mol. The van der Waals surface area contributed by atoms with E-state index in [0.29, 0.717) is 12.3 Å². The molecule has 1 saturated carbocycles. The summed E-state index contributed by atoms with van der Waals surface area (Å²) in [5, 5.41) is 0. The number of carbonyl (C=O) groups excluding carboxylic acids is 2. The van der Waals surface area contributed by atoms with Crippen molar-refractivity contribution in [3.05, 3.63) is 0 Å². The van der Waals surface area contributed by atoms with Gasteiger partial charge in [0, 0.05) is 6.42 Å². The molecule has 0 heterocycles. The van der Waals surface area contributed by atoms with E-state index in [1.54, 1.807) is 6.92 Å². The summed E-state index contributed by atoms with van der Waals surface area (Å²) in [4.78, 5) is 23.6. The Balaban J connectivity index is 2.48. The second-order valence-corrected chi connectivity index (χ2v) is 5.06. The monoisotopic (exact) mass is 224 g/mol. The predicted molar refractivity (Wildman–Crippen MR) is 65.3 cm³/mol. The lowest BCUT2D eigenvalue weighted by atomic mass is 9.83. The van der Waals surface area contributed by atoms with Crippen LogP contribution in [0.5, 0.6) is 0 Å². The van der Waals surface area contributed by atoms with Gasteiger partial charge in [0.05, 0.1) is 5.92 Å². The third-order valence-corrected chi connectivity index (χ3v) is 3.68. The second kappa shape index (κ2) is 6.82. The summed E-state index contributed by atoms with van der Waals surface area (Å²) in [6.07, 6.45) is 8.31. The molecule has 0 aromatic carbocycles. The van der Waals surface area contributed by atoms with Gasteiger partial charge in [0.1, 0.15) is 11.6 Å². The number of Topliss-reactive ketones (excluding diaryl/α,β-unsaturated/α-hetero) is 2. The summed E-state index contributed by atoms with van der Waals surface area (Å²) in [5.41, 5.74) is 0. The molecule has 1 atom stereocenters. The highest BCUT2D eigenvalue weighted by atomic mass is 16.1. The average Bonchev–Trinajstić information content (AvgIpc) is 2.71. The van der Waals surface area contributed by atoms with Crippen molar-refractivity contribution in [1.29, 1.82) is 0 Å². The number of rotatable bonds is 7. The summed E-state index contributed by atoms with van der Waals surface area (Å²) in [6.45, 7) is 3.71. The first kappa shape index (κ1) is 13.4. The van der Waals surface area contributed by atoms with Crippen LogP contribution in [0.2, 0.25) is 0 Å². The molecule has 1 fully saturated rings. The van der Waals surface area contributed by atoms with Gasteiger partial charge in [-0.15, -0.1) is 0 Å². The van der Waals surface area contributed by atoms with Crippen molar-refractivity contribution in [2.45, 2.75) is 65.2 Å². The second-order valence-electron chi connectivity index (χ2n) is 5.06. The molecule has 0 aromatic rings. The third-order valence-electron chi connectivity index (χ3n) is 3.68. The third kappa shape index (κ3) is 3.73. The number of unbranched alkanes of at least 4 members (excludes halogenated alkanes) is 2.